The van der Waals surface area contributed by atoms with E-state index >= 15 is 4.79 Å². The maximum Gasteiger partial charge on any atom is 0.264 e. The van der Waals surface area contributed by atoms with Gasteiger partial charge in [-0.1, -0.05) is 67.7 Å². The van der Waals surface area contributed by atoms with Crippen LogP contribution in [0.15, 0.2) is 72.8 Å². The highest BCUT2D eigenvalue weighted by Gasteiger charge is 2.66. The van der Waals surface area contributed by atoms with E-state index in [1.807, 2.05) is 70.5 Å². The zero-order chi connectivity index (χ0) is 34.5. The van der Waals surface area contributed by atoms with Crippen LogP contribution in [0, 0.1) is 5.92 Å². The Morgan fingerprint density at radius 1 is 1.02 bits per heavy atom. The second kappa shape index (κ2) is 13.0. The number of hydrogen-bond donors (Lipinski definition) is 1. The van der Waals surface area contributed by atoms with Gasteiger partial charge in [-0.2, -0.15) is 0 Å². The molecule has 9 nitrogen and oxygen atoms in total. The number of carbonyl (C=O) groups excluding carboxylic acids is 3. The van der Waals surface area contributed by atoms with Crippen molar-refractivity contribution in [3.63, 3.8) is 0 Å². The van der Waals surface area contributed by atoms with Crippen molar-refractivity contribution in [2.75, 3.05) is 36.6 Å². The third-order valence-electron chi connectivity index (χ3n) is 11.7. The predicted octanol–water partition coefficient (Wildman–Crippen LogP) is 4.96. The summed E-state index contributed by atoms with van der Waals surface area (Å²) in [7, 11) is -0.812. The van der Waals surface area contributed by atoms with Gasteiger partial charge in [0.15, 0.2) is 5.60 Å². The van der Waals surface area contributed by atoms with E-state index in [4.69, 9.17) is 9.47 Å². The van der Waals surface area contributed by atoms with E-state index < -0.39 is 19.8 Å². The Kier molecular flexibility index (Phi) is 8.92. The van der Waals surface area contributed by atoms with Gasteiger partial charge >= 0.3 is 0 Å². The molecule has 0 bridgehead atoms. The van der Waals surface area contributed by atoms with Gasteiger partial charge in [0, 0.05) is 36.7 Å². The van der Waals surface area contributed by atoms with Crippen molar-refractivity contribution in [2.45, 2.75) is 82.0 Å². The molecule has 49 heavy (non-hydrogen) atoms. The first-order valence-corrected chi connectivity index (χ1v) is 20.7. The van der Waals surface area contributed by atoms with Crippen molar-refractivity contribution < 1.29 is 29.0 Å². The molecule has 1 N–H and O–H groups in total. The molecule has 5 atom stereocenters. The Balaban J connectivity index is 1.35. The third kappa shape index (κ3) is 5.58. The molecule has 7 rings (SSSR count). The molecular weight excluding hydrogens is 635 g/mol. The number of rotatable bonds is 9. The fraction of sp³-hybridized carbons (Fsp3) is 0.462. The summed E-state index contributed by atoms with van der Waals surface area (Å²) in [5, 5.41) is 11.2. The average Bonchev–Trinajstić information content (AvgIpc) is 3.88. The van der Waals surface area contributed by atoms with E-state index in [0.717, 1.165) is 47.5 Å². The number of carbonyl (C=O) groups is 3. The lowest BCUT2D eigenvalue weighted by atomic mass is 9.82. The minimum absolute atomic E-state index is 0.0430. The van der Waals surface area contributed by atoms with E-state index in [9.17, 15) is 14.7 Å². The normalized spacial score (nSPS) is 26.7. The third-order valence-corrected chi connectivity index (χ3v) is 16.0. The number of ether oxygens (including phenoxy) is 2. The number of amides is 3. The molecule has 0 aromatic heterocycles. The molecule has 258 valence electrons. The molecule has 4 aliphatic heterocycles. The molecule has 4 heterocycles. The highest BCUT2D eigenvalue weighted by Crippen LogP contribution is 2.60. The van der Waals surface area contributed by atoms with Crippen molar-refractivity contribution in [2.24, 2.45) is 5.92 Å². The molecule has 3 aromatic carbocycles. The van der Waals surface area contributed by atoms with Crippen LogP contribution >= 0.6 is 0 Å². The smallest absolute Gasteiger partial charge is 0.264 e. The summed E-state index contributed by atoms with van der Waals surface area (Å²) in [4.78, 5) is 47.6. The lowest BCUT2D eigenvalue weighted by molar-refractivity contribution is -0.150. The monoisotopic (exact) mass is 681 g/mol. The quantitative estimate of drug-likeness (QED) is 0.321. The second-order valence-electron chi connectivity index (χ2n) is 14.7. The number of hydrogen-bond acceptors (Lipinski definition) is 6. The van der Waals surface area contributed by atoms with Gasteiger partial charge in [0.1, 0.15) is 5.75 Å². The summed E-state index contributed by atoms with van der Waals surface area (Å²) in [6.45, 7) is 8.31. The Bertz CT molecular complexity index is 1730. The van der Waals surface area contributed by atoms with E-state index in [2.05, 4.69) is 32.2 Å². The predicted molar refractivity (Wildman–Crippen MR) is 192 cm³/mol. The number of methoxy groups -OCH3 is 1. The zero-order valence-electron chi connectivity index (χ0n) is 28.9. The minimum atomic E-state index is -2.47. The Morgan fingerprint density at radius 3 is 2.45 bits per heavy atom. The summed E-state index contributed by atoms with van der Waals surface area (Å²) < 4.78 is 12.7. The molecule has 3 saturated heterocycles. The molecule has 4 aliphatic rings. The Morgan fingerprint density at radius 2 is 1.78 bits per heavy atom. The summed E-state index contributed by atoms with van der Waals surface area (Å²) in [5.41, 5.74) is 1.89. The van der Waals surface area contributed by atoms with Crippen molar-refractivity contribution in [3.05, 3.63) is 83.9 Å². The molecule has 0 saturated carbocycles. The number of nitrogens with zero attached hydrogens (tertiary/aromatic N) is 3. The number of aliphatic hydroxyl groups excluding tert-OH is 1. The molecule has 10 heteroatoms. The van der Waals surface area contributed by atoms with Gasteiger partial charge in [-0.15, -0.1) is 0 Å². The van der Waals surface area contributed by atoms with Crippen molar-refractivity contribution >= 4 is 42.4 Å². The molecule has 3 fully saturated rings. The average molecular weight is 682 g/mol. The van der Waals surface area contributed by atoms with Gasteiger partial charge < -0.3 is 29.3 Å². The second-order valence-corrected chi connectivity index (χ2v) is 19.3. The van der Waals surface area contributed by atoms with Crippen molar-refractivity contribution in [1.82, 2.24) is 4.90 Å². The van der Waals surface area contributed by atoms with Crippen LogP contribution in [0.4, 0.5) is 11.4 Å². The maximum atomic E-state index is 15.2. The number of likely N-dealkylation sites (tertiary alicyclic amines) is 1. The van der Waals surface area contributed by atoms with Gasteiger partial charge in [0.25, 0.3) is 5.91 Å². The molecule has 3 amide bonds. The van der Waals surface area contributed by atoms with Gasteiger partial charge in [-0.3, -0.25) is 14.4 Å². The first kappa shape index (κ1) is 33.5. The number of benzene rings is 3. The van der Waals surface area contributed by atoms with Gasteiger partial charge in [0.05, 0.1) is 52.6 Å². The standard InChI is InChI=1S/C39H47N3O6Si/c1-26-37(49(3,4)31-17-15-30(47-2)16-18-31)34(23-36(45)41-20-8-12-29(41)25-43)48-39(26)32-22-28(40-21-9-13-35(40)44)14-19-33(32)42(38(39)46)24-27-10-6-5-7-11-27/h5-7,10-11,14-19,22,26,29,34,37,43H,8-9,12-13,20-21,23-25H2,1-4H3/t26-,29-,34+,37-,39+/m0/s1. The van der Waals surface area contributed by atoms with Gasteiger partial charge in [0.2, 0.25) is 11.8 Å². The van der Waals surface area contributed by atoms with Crippen LogP contribution in [0.2, 0.25) is 18.6 Å². The minimum Gasteiger partial charge on any atom is -0.497 e. The first-order chi connectivity index (χ1) is 23.6. The lowest BCUT2D eigenvalue weighted by Gasteiger charge is -2.37. The Labute approximate surface area is 289 Å². The van der Waals surface area contributed by atoms with Crippen LogP contribution in [-0.2, 0) is 31.3 Å². The fourth-order valence-electron chi connectivity index (χ4n) is 9.16. The van der Waals surface area contributed by atoms with E-state index in [0.29, 0.717) is 26.1 Å². The van der Waals surface area contributed by atoms with Crippen LogP contribution in [0.3, 0.4) is 0 Å². The van der Waals surface area contributed by atoms with E-state index in [1.54, 1.807) is 12.0 Å². The molecule has 0 unspecified atom stereocenters. The number of aliphatic hydroxyl groups is 1. The molecule has 3 aromatic rings. The van der Waals surface area contributed by atoms with Crippen molar-refractivity contribution in [1.29, 1.82) is 0 Å². The topological polar surface area (TPSA) is 99.6 Å². The zero-order valence-corrected chi connectivity index (χ0v) is 29.9. The molecular formula is C39H47N3O6Si. The molecule has 0 radical (unpaired) electrons. The summed E-state index contributed by atoms with van der Waals surface area (Å²) in [6, 6.07) is 23.9. The van der Waals surface area contributed by atoms with Crippen LogP contribution in [0.1, 0.15) is 50.2 Å². The highest BCUT2D eigenvalue weighted by molar-refractivity contribution is 6.91. The number of anilines is 2. The van der Waals surface area contributed by atoms with E-state index in [1.165, 1.54) is 5.19 Å². The van der Waals surface area contributed by atoms with Gasteiger partial charge in [-0.05, 0) is 60.7 Å². The summed E-state index contributed by atoms with van der Waals surface area (Å²) >= 11 is 0. The van der Waals surface area contributed by atoms with Crippen LogP contribution in [-0.4, -0.2) is 74.8 Å². The van der Waals surface area contributed by atoms with Crippen LogP contribution in [0.5, 0.6) is 5.75 Å². The maximum absolute atomic E-state index is 15.2. The highest BCUT2D eigenvalue weighted by atomic mass is 28.3. The summed E-state index contributed by atoms with van der Waals surface area (Å²) in [5.74, 6) is 0.407. The van der Waals surface area contributed by atoms with Crippen molar-refractivity contribution in [3.8, 4) is 5.75 Å². The molecule has 0 aliphatic carbocycles. The first-order valence-electron chi connectivity index (χ1n) is 17.6. The number of fused-ring (bicyclic) bond motifs is 2. The summed E-state index contributed by atoms with van der Waals surface area (Å²) in [6.07, 6.45) is 2.54. The SMILES string of the molecule is COc1ccc([Si](C)(C)[C@@H]2[C@@H](CC(=O)N3CCC[C@H]3CO)O[C@]3(C(=O)N(Cc4ccccc4)c4ccc(N5CCCC5=O)cc43)[C@H]2C)cc1. The fourth-order valence-corrected chi connectivity index (χ4v) is 13.2. The lowest BCUT2D eigenvalue weighted by Crippen LogP contribution is -2.52. The Hall–Kier alpha value is -3.99. The van der Waals surface area contributed by atoms with Crippen LogP contribution < -0.4 is 19.7 Å². The van der Waals surface area contributed by atoms with Crippen LogP contribution in [0.25, 0.3) is 0 Å². The largest absolute Gasteiger partial charge is 0.497 e. The van der Waals surface area contributed by atoms with Gasteiger partial charge in [-0.25, -0.2) is 0 Å². The van der Waals surface area contributed by atoms with E-state index in [-0.39, 0.29) is 48.3 Å². The molecule has 1 spiro atoms.